The number of nitrogens with one attached hydrogen (secondary N) is 1. The Bertz CT molecular complexity index is 1280. The largest absolute Gasteiger partial charge is 0.299 e. The summed E-state index contributed by atoms with van der Waals surface area (Å²) in [5, 5.41) is 23.0. The number of aromatic nitrogens is 2. The molecule has 0 saturated carbocycles. The molecule has 0 saturated heterocycles. The van der Waals surface area contributed by atoms with Gasteiger partial charge in [-0.3, -0.25) is 24.5 Å². The SMILES string of the molecule is Cc1ccc([N+](=O)[O-])cc1N(C(C)C(=O)Nc1nnc(-c2ccc(Cl)cc2)s1)S(C)(=O)=O. The van der Waals surface area contributed by atoms with Crippen molar-refractivity contribution >= 4 is 55.4 Å². The highest BCUT2D eigenvalue weighted by atomic mass is 35.5. The van der Waals surface area contributed by atoms with Crippen molar-refractivity contribution in [1.82, 2.24) is 10.2 Å². The summed E-state index contributed by atoms with van der Waals surface area (Å²) < 4.78 is 25.9. The lowest BCUT2D eigenvalue weighted by Crippen LogP contribution is -2.45. The number of sulfonamides is 1. The van der Waals surface area contributed by atoms with Gasteiger partial charge in [-0.25, -0.2) is 8.42 Å². The van der Waals surface area contributed by atoms with Crippen molar-refractivity contribution in [2.24, 2.45) is 0 Å². The molecule has 0 bridgehead atoms. The number of anilines is 2. The van der Waals surface area contributed by atoms with Crippen LogP contribution in [-0.2, 0) is 14.8 Å². The number of benzene rings is 2. The molecule has 3 rings (SSSR count). The van der Waals surface area contributed by atoms with Crippen LogP contribution in [0, 0.1) is 17.0 Å². The quantitative estimate of drug-likeness (QED) is 0.388. The monoisotopic (exact) mass is 495 g/mol. The molecule has 0 aliphatic rings. The van der Waals surface area contributed by atoms with E-state index in [9.17, 15) is 23.3 Å². The molecule has 2 aromatic carbocycles. The van der Waals surface area contributed by atoms with E-state index in [1.165, 1.54) is 19.1 Å². The number of nitro groups is 1. The van der Waals surface area contributed by atoms with E-state index in [4.69, 9.17) is 11.6 Å². The third kappa shape index (κ3) is 5.21. The van der Waals surface area contributed by atoms with Crippen LogP contribution in [0.2, 0.25) is 5.02 Å². The van der Waals surface area contributed by atoms with Crippen molar-refractivity contribution in [3.05, 3.63) is 63.2 Å². The number of carbonyl (C=O) groups is 1. The molecule has 10 nitrogen and oxygen atoms in total. The maximum absolute atomic E-state index is 12.9. The van der Waals surface area contributed by atoms with Crippen molar-refractivity contribution < 1.29 is 18.1 Å². The molecule has 0 spiro atoms. The van der Waals surface area contributed by atoms with E-state index in [0.29, 0.717) is 15.6 Å². The molecule has 1 amide bonds. The van der Waals surface area contributed by atoms with E-state index in [-0.39, 0.29) is 16.5 Å². The number of hydrogen-bond acceptors (Lipinski definition) is 8. The van der Waals surface area contributed by atoms with Crippen LogP contribution in [0.5, 0.6) is 0 Å². The number of aryl methyl sites for hydroxylation is 1. The molecule has 1 atom stereocenters. The zero-order chi connectivity index (χ0) is 23.6. The molecule has 0 fully saturated rings. The fraction of sp³-hybridized carbons (Fsp3) is 0.211. The van der Waals surface area contributed by atoms with Gasteiger partial charge in [0.05, 0.1) is 16.9 Å². The minimum atomic E-state index is -3.96. The summed E-state index contributed by atoms with van der Waals surface area (Å²) in [6.45, 7) is 2.99. The summed E-state index contributed by atoms with van der Waals surface area (Å²) in [7, 11) is -3.96. The number of nitrogens with zero attached hydrogens (tertiary/aromatic N) is 4. The standard InChI is InChI=1S/C19H18ClN5O5S2/c1-11-4-9-15(25(27)28)10-16(11)24(32(3,29)30)12(2)17(26)21-19-23-22-18(31-19)13-5-7-14(20)8-6-13/h4-10,12H,1-3H3,(H,21,23,26). The highest BCUT2D eigenvalue weighted by Gasteiger charge is 2.31. The van der Waals surface area contributed by atoms with Crippen LogP contribution in [0.15, 0.2) is 42.5 Å². The summed E-state index contributed by atoms with van der Waals surface area (Å²) in [5.41, 5.74) is 0.971. The Balaban J connectivity index is 1.88. The summed E-state index contributed by atoms with van der Waals surface area (Å²) in [5.74, 6) is -0.667. The molecule has 3 aromatic rings. The highest BCUT2D eigenvalue weighted by Crippen LogP contribution is 2.31. The number of hydrogen-bond donors (Lipinski definition) is 1. The van der Waals surface area contributed by atoms with E-state index in [1.807, 2.05) is 0 Å². The van der Waals surface area contributed by atoms with Gasteiger partial charge < -0.3 is 0 Å². The van der Waals surface area contributed by atoms with Gasteiger partial charge in [0.15, 0.2) is 0 Å². The van der Waals surface area contributed by atoms with E-state index < -0.39 is 26.9 Å². The highest BCUT2D eigenvalue weighted by molar-refractivity contribution is 7.92. The summed E-state index contributed by atoms with van der Waals surface area (Å²) in [4.78, 5) is 23.4. The minimum absolute atomic E-state index is 0.0449. The molecule has 168 valence electrons. The van der Waals surface area contributed by atoms with Crippen LogP contribution in [-0.4, -0.2) is 41.7 Å². The van der Waals surface area contributed by atoms with Gasteiger partial charge in [-0.05, 0) is 31.5 Å². The van der Waals surface area contributed by atoms with Crippen LogP contribution in [0.25, 0.3) is 10.6 Å². The molecule has 0 radical (unpaired) electrons. The fourth-order valence-electron chi connectivity index (χ4n) is 2.92. The number of rotatable bonds is 7. The van der Waals surface area contributed by atoms with Gasteiger partial charge in [0, 0.05) is 22.7 Å². The van der Waals surface area contributed by atoms with Crippen LogP contribution >= 0.6 is 22.9 Å². The Kier molecular flexibility index (Phi) is 6.77. The average Bonchev–Trinajstić information content (AvgIpc) is 3.17. The molecule has 0 aliphatic carbocycles. The third-order valence-corrected chi connectivity index (χ3v) is 6.84. The first-order valence-corrected chi connectivity index (χ1v) is 12.2. The Morgan fingerprint density at radius 3 is 2.47 bits per heavy atom. The van der Waals surface area contributed by atoms with E-state index in [2.05, 4.69) is 15.5 Å². The molecule has 13 heteroatoms. The predicted octanol–water partition coefficient (Wildman–Crippen LogP) is 3.87. The topological polar surface area (TPSA) is 135 Å². The van der Waals surface area contributed by atoms with Gasteiger partial charge in [0.1, 0.15) is 11.0 Å². The summed E-state index contributed by atoms with van der Waals surface area (Å²) in [6.07, 6.45) is 0.929. The second-order valence-corrected chi connectivity index (χ2v) is 10.1. The normalized spacial score (nSPS) is 12.2. The van der Waals surface area contributed by atoms with E-state index in [1.54, 1.807) is 31.2 Å². The van der Waals surface area contributed by atoms with Gasteiger partial charge in [0.25, 0.3) is 5.69 Å². The lowest BCUT2D eigenvalue weighted by atomic mass is 10.1. The smallest absolute Gasteiger partial charge is 0.271 e. The Morgan fingerprint density at radius 1 is 1.22 bits per heavy atom. The lowest BCUT2D eigenvalue weighted by molar-refractivity contribution is -0.384. The average molecular weight is 496 g/mol. The van der Waals surface area contributed by atoms with Crippen LogP contribution in [0.3, 0.4) is 0 Å². The first-order chi connectivity index (χ1) is 15.0. The van der Waals surface area contributed by atoms with Gasteiger partial charge >= 0.3 is 0 Å². The molecule has 0 aliphatic heterocycles. The minimum Gasteiger partial charge on any atom is -0.299 e. The first-order valence-electron chi connectivity index (χ1n) is 9.12. The maximum Gasteiger partial charge on any atom is 0.271 e. The van der Waals surface area contributed by atoms with Crippen molar-refractivity contribution in [3.8, 4) is 10.6 Å². The lowest BCUT2D eigenvalue weighted by Gasteiger charge is -2.29. The van der Waals surface area contributed by atoms with Crippen LogP contribution in [0.4, 0.5) is 16.5 Å². The summed E-state index contributed by atoms with van der Waals surface area (Å²) in [6, 6.07) is 9.52. The number of halogens is 1. The Morgan fingerprint density at radius 2 is 1.88 bits per heavy atom. The van der Waals surface area contributed by atoms with Crippen molar-refractivity contribution in [2.45, 2.75) is 19.9 Å². The predicted molar refractivity (Wildman–Crippen MR) is 124 cm³/mol. The number of non-ortho nitro benzene ring substituents is 1. The van der Waals surface area contributed by atoms with Gasteiger partial charge in [-0.15, -0.1) is 10.2 Å². The summed E-state index contributed by atoms with van der Waals surface area (Å²) >= 11 is 6.99. The second kappa shape index (κ2) is 9.18. The zero-order valence-electron chi connectivity index (χ0n) is 17.1. The molecular formula is C19H18ClN5O5S2. The van der Waals surface area contributed by atoms with Gasteiger partial charge in [0.2, 0.25) is 21.1 Å². The van der Waals surface area contributed by atoms with Gasteiger partial charge in [-0.2, -0.15) is 0 Å². The second-order valence-electron chi connectivity index (χ2n) is 6.87. The van der Waals surface area contributed by atoms with Crippen molar-refractivity contribution in [1.29, 1.82) is 0 Å². The molecule has 1 heterocycles. The van der Waals surface area contributed by atoms with E-state index in [0.717, 1.165) is 33.5 Å². The van der Waals surface area contributed by atoms with Gasteiger partial charge in [-0.1, -0.05) is 41.1 Å². The zero-order valence-corrected chi connectivity index (χ0v) is 19.5. The van der Waals surface area contributed by atoms with Crippen molar-refractivity contribution in [3.63, 3.8) is 0 Å². The number of carbonyl (C=O) groups excluding carboxylic acids is 1. The number of nitro benzene ring substituents is 1. The number of amides is 1. The molecule has 1 aromatic heterocycles. The third-order valence-electron chi connectivity index (χ3n) is 4.48. The Hall–Kier alpha value is -3.09. The van der Waals surface area contributed by atoms with E-state index >= 15 is 0 Å². The fourth-order valence-corrected chi connectivity index (χ4v) is 5.02. The van der Waals surface area contributed by atoms with Crippen LogP contribution < -0.4 is 9.62 Å². The molecule has 1 unspecified atom stereocenters. The molecule has 1 N–H and O–H groups in total. The van der Waals surface area contributed by atoms with Crippen LogP contribution in [0.1, 0.15) is 12.5 Å². The van der Waals surface area contributed by atoms with Crippen molar-refractivity contribution in [2.75, 3.05) is 15.9 Å². The molecular weight excluding hydrogens is 478 g/mol. The maximum atomic E-state index is 12.9. The Labute approximate surface area is 193 Å². The molecule has 32 heavy (non-hydrogen) atoms. The first kappa shape index (κ1) is 23.6.